The smallest absolute Gasteiger partial charge is 0.297 e. The van der Waals surface area contributed by atoms with Crippen LogP contribution in [0.1, 0.15) is 5.56 Å². The molecule has 2 atom stereocenters. The molecule has 2 aromatic rings. The number of hydrogen-bond donors (Lipinski definition) is 4. The van der Waals surface area contributed by atoms with Crippen LogP contribution in [0.2, 0.25) is 0 Å². The van der Waals surface area contributed by atoms with E-state index in [2.05, 4.69) is 10.3 Å². The SMILES string of the molecule is Cc1ccc(S(=O)(=O)OC(C(=N)N)C(N)Nc2ccc([N+](=O)[O-])cn2)cc1. The molecule has 6 N–H and O–H groups in total. The van der Waals surface area contributed by atoms with Crippen LogP contribution in [0.5, 0.6) is 0 Å². The quantitative estimate of drug-likeness (QED) is 0.125. The van der Waals surface area contributed by atoms with E-state index in [9.17, 15) is 18.5 Å². The molecule has 2 rings (SSSR count). The van der Waals surface area contributed by atoms with Crippen molar-refractivity contribution >= 4 is 27.5 Å². The predicted octanol–water partition coefficient (Wildman–Crippen LogP) is 0.705. The van der Waals surface area contributed by atoms with Crippen molar-refractivity contribution in [3.63, 3.8) is 0 Å². The van der Waals surface area contributed by atoms with Gasteiger partial charge in [0.25, 0.3) is 15.8 Å². The number of aryl methyl sites for hydroxylation is 1. The highest BCUT2D eigenvalue weighted by Gasteiger charge is 2.29. The fourth-order valence-corrected chi connectivity index (χ4v) is 3.10. The number of nitrogens with two attached hydrogens (primary N) is 2. The van der Waals surface area contributed by atoms with Crippen molar-refractivity contribution in [3.8, 4) is 0 Å². The molecule has 1 heterocycles. The molecular weight excluding hydrogens is 376 g/mol. The van der Waals surface area contributed by atoms with E-state index in [1.54, 1.807) is 19.1 Å². The molecule has 1 aromatic heterocycles. The van der Waals surface area contributed by atoms with Gasteiger partial charge in [0.2, 0.25) is 0 Å². The normalized spacial score (nSPS) is 13.6. The average Bonchev–Trinajstić information content (AvgIpc) is 2.60. The van der Waals surface area contributed by atoms with Crippen molar-refractivity contribution in [2.75, 3.05) is 5.32 Å². The number of amidine groups is 1. The lowest BCUT2D eigenvalue weighted by atomic mass is 10.2. The van der Waals surface area contributed by atoms with Gasteiger partial charge in [-0.15, -0.1) is 0 Å². The van der Waals surface area contributed by atoms with Crippen LogP contribution >= 0.6 is 0 Å². The van der Waals surface area contributed by atoms with Gasteiger partial charge in [-0.25, -0.2) is 4.98 Å². The zero-order valence-corrected chi connectivity index (χ0v) is 15.0. The molecule has 0 aliphatic rings. The molecule has 0 aliphatic heterocycles. The van der Waals surface area contributed by atoms with Gasteiger partial charge >= 0.3 is 0 Å². The standard InChI is InChI=1S/C15H18N6O5S/c1-9-2-5-11(6-3-9)27(24,25)26-13(14(16)17)15(18)20-12-7-4-10(8-19-12)21(22)23/h2-8,13,15H,18H2,1H3,(H3,16,17)(H,19,20). The third kappa shape index (κ3) is 5.20. The molecule has 27 heavy (non-hydrogen) atoms. The van der Waals surface area contributed by atoms with Crippen molar-refractivity contribution in [1.29, 1.82) is 5.41 Å². The van der Waals surface area contributed by atoms with Crippen LogP contribution in [0, 0.1) is 22.4 Å². The Morgan fingerprint density at radius 2 is 1.93 bits per heavy atom. The van der Waals surface area contributed by atoms with E-state index in [0.717, 1.165) is 11.8 Å². The summed E-state index contributed by atoms with van der Waals surface area (Å²) in [6, 6.07) is 8.38. The minimum atomic E-state index is -4.23. The van der Waals surface area contributed by atoms with Crippen molar-refractivity contribution < 1.29 is 17.5 Å². The van der Waals surface area contributed by atoms with E-state index >= 15 is 0 Å². The van der Waals surface area contributed by atoms with Gasteiger partial charge in [-0.05, 0) is 25.1 Å². The number of aromatic nitrogens is 1. The third-order valence-electron chi connectivity index (χ3n) is 3.45. The summed E-state index contributed by atoms with van der Waals surface area (Å²) >= 11 is 0. The summed E-state index contributed by atoms with van der Waals surface area (Å²) in [4.78, 5) is 13.7. The van der Waals surface area contributed by atoms with Crippen LogP contribution in [0.15, 0.2) is 47.5 Å². The molecule has 0 fully saturated rings. The minimum absolute atomic E-state index is 0.111. The summed E-state index contributed by atoms with van der Waals surface area (Å²) in [5.41, 5.74) is 11.9. The maximum absolute atomic E-state index is 12.4. The van der Waals surface area contributed by atoms with Gasteiger partial charge in [-0.2, -0.15) is 8.42 Å². The highest BCUT2D eigenvalue weighted by atomic mass is 32.2. The Labute approximate surface area is 155 Å². The van der Waals surface area contributed by atoms with Crippen molar-refractivity contribution in [3.05, 3.63) is 58.3 Å². The summed E-state index contributed by atoms with van der Waals surface area (Å²) in [5.74, 6) is -0.497. The van der Waals surface area contributed by atoms with Crippen LogP contribution in [0.4, 0.5) is 11.5 Å². The van der Waals surface area contributed by atoms with Gasteiger partial charge < -0.3 is 16.8 Å². The van der Waals surface area contributed by atoms with Gasteiger partial charge in [-0.1, -0.05) is 17.7 Å². The van der Waals surface area contributed by atoms with Crippen LogP contribution in [0.3, 0.4) is 0 Å². The first-order valence-electron chi connectivity index (χ1n) is 7.56. The fraction of sp³-hybridized carbons (Fsp3) is 0.200. The molecule has 1 aromatic carbocycles. The Hall–Kier alpha value is -3.09. The van der Waals surface area contributed by atoms with E-state index in [-0.39, 0.29) is 16.4 Å². The molecule has 0 aliphatic carbocycles. The van der Waals surface area contributed by atoms with Gasteiger partial charge in [0.15, 0.2) is 6.10 Å². The second kappa shape index (κ2) is 8.07. The van der Waals surface area contributed by atoms with Crippen molar-refractivity contribution in [1.82, 2.24) is 4.98 Å². The molecule has 0 saturated carbocycles. The summed E-state index contributed by atoms with van der Waals surface area (Å²) in [5, 5.41) is 20.8. The molecule has 144 valence electrons. The van der Waals surface area contributed by atoms with Crippen LogP contribution < -0.4 is 16.8 Å². The molecule has 2 unspecified atom stereocenters. The maximum atomic E-state index is 12.4. The third-order valence-corrected chi connectivity index (χ3v) is 4.76. The van der Waals surface area contributed by atoms with E-state index < -0.39 is 33.1 Å². The fourth-order valence-electron chi connectivity index (χ4n) is 2.03. The number of nitrogens with one attached hydrogen (secondary N) is 2. The van der Waals surface area contributed by atoms with Crippen LogP contribution in [-0.4, -0.2) is 36.4 Å². The Morgan fingerprint density at radius 1 is 1.30 bits per heavy atom. The number of nitro groups is 1. The first-order valence-corrected chi connectivity index (χ1v) is 8.97. The second-order valence-corrected chi connectivity index (χ2v) is 7.14. The number of rotatable bonds is 8. The zero-order valence-electron chi connectivity index (χ0n) is 14.2. The Morgan fingerprint density at radius 3 is 2.41 bits per heavy atom. The molecule has 0 spiro atoms. The summed E-state index contributed by atoms with van der Waals surface area (Å²) in [7, 11) is -4.23. The Kier molecular flexibility index (Phi) is 6.05. The first-order chi connectivity index (χ1) is 12.6. The van der Waals surface area contributed by atoms with Crippen molar-refractivity contribution in [2.45, 2.75) is 24.1 Å². The Balaban J connectivity index is 2.17. The molecule has 0 saturated heterocycles. The monoisotopic (exact) mass is 394 g/mol. The van der Waals surface area contributed by atoms with Crippen LogP contribution in [-0.2, 0) is 14.3 Å². The first kappa shape index (κ1) is 20.2. The molecule has 12 heteroatoms. The van der Waals surface area contributed by atoms with Gasteiger partial charge in [0.05, 0.1) is 9.82 Å². The highest BCUT2D eigenvalue weighted by molar-refractivity contribution is 7.86. The molecule has 0 amide bonds. The molecule has 0 bridgehead atoms. The minimum Gasteiger partial charge on any atom is -0.385 e. The zero-order chi connectivity index (χ0) is 20.2. The number of hydrogen-bond acceptors (Lipinski definition) is 9. The largest absolute Gasteiger partial charge is 0.385 e. The van der Waals surface area contributed by atoms with E-state index in [4.69, 9.17) is 21.1 Å². The molecule has 11 nitrogen and oxygen atoms in total. The van der Waals surface area contributed by atoms with Crippen molar-refractivity contribution in [2.24, 2.45) is 11.5 Å². The van der Waals surface area contributed by atoms with Gasteiger partial charge in [0.1, 0.15) is 24.0 Å². The van der Waals surface area contributed by atoms with Crippen LogP contribution in [0.25, 0.3) is 0 Å². The average molecular weight is 394 g/mol. The second-order valence-electron chi connectivity index (χ2n) is 5.57. The van der Waals surface area contributed by atoms with Gasteiger partial charge in [0, 0.05) is 6.07 Å². The number of benzene rings is 1. The lowest BCUT2D eigenvalue weighted by Gasteiger charge is -2.23. The number of pyridine rings is 1. The molecular formula is C15H18N6O5S. The lowest BCUT2D eigenvalue weighted by Crippen LogP contribution is -2.51. The number of anilines is 1. The predicted molar refractivity (Wildman–Crippen MR) is 97.6 cm³/mol. The topological polar surface area (TPSA) is 187 Å². The summed E-state index contributed by atoms with van der Waals surface area (Å²) < 4.78 is 29.8. The summed E-state index contributed by atoms with van der Waals surface area (Å²) in [6.07, 6.45) is -1.77. The van der Waals surface area contributed by atoms with E-state index in [1.807, 2.05) is 0 Å². The maximum Gasteiger partial charge on any atom is 0.297 e. The Bertz CT molecular complexity index is 930. The van der Waals surface area contributed by atoms with E-state index in [1.165, 1.54) is 24.3 Å². The van der Waals surface area contributed by atoms with Gasteiger partial charge in [-0.3, -0.25) is 19.7 Å². The lowest BCUT2D eigenvalue weighted by molar-refractivity contribution is -0.385. The number of nitrogens with zero attached hydrogens (tertiary/aromatic N) is 2. The molecule has 0 radical (unpaired) electrons. The highest BCUT2D eigenvalue weighted by Crippen LogP contribution is 2.17. The van der Waals surface area contributed by atoms with E-state index in [0.29, 0.717) is 0 Å². The summed E-state index contributed by atoms with van der Waals surface area (Å²) in [6.45, 7) is 1.80.